The summed E-state index contributed by atoms with van der Waals surface area (Å²) in [6, 6.07) is 7.95. The first kappa shape index (κ1) is 16.5. The first-order valence-corrected chi connectivity index (χ1v) is 9.40. The molecule has 2 atom stereocenters. The van der Waals surface area contributed by atoms with Crippen LogP contribution in [0.1, 0.15) is 38.7 Å². The molecule has 2 rings (SSSR count). The third-order valence-electron chi connectivity index (χ3n) is 4.56. The Balaban J connectivity index is 2.03. The molecule has 0 bridgehead atoms. The molecule has 2 unspecified atom stereocenters. The van der Waals surface area contributed by atoms with Crippen molar-refractivity contribution >= 4 is 9.84 Å². The second-order valence-corrected chi connectivity index (χ2v) is 8.00. The van der Waals surface area contributed by atoms with Crippen LogP contribution in [0.4, 0.5) is 0 Å². The van der Waals surface area contributed by atoms with Crippen LogP contribution in [0.5, 0.6) is 0 Å². The van der Waals surface area contributed by atoms with Crippen molar-refractivity contribution in [2.45, 2.75) is 56.6 Å². The lowest BCUT2D eigenvalue weighted by Crippen LogP contribution is -2.37. The molecular formula is C16H26N2O2S. The second kappa shape index (κ2) is 6.90. The molecule has 0 radical (unpaired) electrons. The van der Waals surface area contributed by atoms with Crippen LogP contribution in [0.15, 0.2) is 29.2 Å². The Bertz CT molecular complexity index is 554. The highest BCUT2D eigenvalue weighted by molar-refractivity contribution is 7.91. The van der Waals surface area contributed by atoms with Crippen molar-refractivity contribution in [2.24, 2.45) is 5.73 Å². The van der Waals surface area contributed by atoms with Gasteiger partial charge in [0.25, 0.3) is 0 Å². The van der Waals surface area contributed by atoms with Crippen LogP contribution in [0.25, 0.3) is 0 Å². The van der Waals surface area contributed by atoms with Crippen LogP contribution in [0.2, 0.25) is 0 Å². The lowest BCUT2D eigenvalue weighted by Gasteiger charge is -2.27. The van der Waals surface area contributed by atoms with E-state index in [-0.39, 0.29) is 5.75 Å². The summed E-state index contributed by atoms with van der Waals surface area (Å²) in [7, 11) is -3.21. The average Bonchev–Trinajstić information content (AvgIpc) is 2.85. The van der Waals surface area contributed by atoms with E-state index >= 15 is 0 Å². The summed E-state index contributed by atoms with van der Waals surface area (Å²) in [4.78, 5) is 2.76. The summed E-state index contributed by atoms with van der Waals surface area (Å²) in [5, 5.41) is 0. The van der Waals surface area contributed by atoms with Crippen LogP contribution in [0.3, 0.4) is 0 Å². The Morgan fingerprint density at radius 2 is 1.90 bits per heavy atom. The zero-order chi connectivity index (χ0) is 15.5. The zero-order valence-electron chi connectivity index (χ0n) is 13.0. The van der Waals surface area contributed by atoms with Crippen molar-refractivity contribution in [1.29, 1.82) is 0 Å². The molecule has 2 N–H and O–H groups in total. The highest BCUT2D eigenvalue weighted by atomic mass is 32.2. The molecule has 1 aromatic rings. The van der Waals surface area contributed by atoms with E-state index in [9.17, 15) is 8.42 Å². The molecular weight excluding hydrogens is 284 g/mol. The standard InChI is InChI=1S/C16H26N2O2S/c1-3-15-7-4-13(2)18(15)10-11-21(19,20)16-8-5-14(12-17)6-9-16/h5-6,8-9,13,15H,3-4,7,10-12,17H2,1-2H3. The number of nitrogens with two attached hydrogens (primary N) is 1. The number of likely N-dealkylation sites (tertiary alicyclic amines) is 1. The fraction of sp³-hybridized carbons (Fsp3) is 0.625. The van der Waals surface area contributed by atoms with Gasteiger partial charge in [0.2, 0.25) is 0 Å². The Hall–Kier alpha value is -0.910. The second-order valence-electron chi connectivity index (χ2n) is 5.89. The molecule has 4 nitrogen and oxygen atoms in total. The SMILES string of the molecule is CCC1CCC(C)N1CCS(=O)(=O)c1ccc(CN)cc1. The predicted octanol–water partition coefficient (Wildman–Crippen LogP) is 2.18. The van der Waals surface area contributed by atoms with Crippen LogP contribution < -0.4 is 5.73 Å². The van der Waals surface area contributed by atoms with Gasteiger partial charge in [-0.15, -0.1) is 0 Å². The number of hydrogen-bond acceptors (Lipinski definition) is 4. The van der Waals surface area contributed by atoms with Gasteiger partial charge in [0, 0.05) is 25.2 Å². The number of rotatable bonds is 6. The molecule has 1 aromatic carbocycles. The zero-order valence-corrected chi connectivity index (χ0v) is 13.8. The topological polar surface area (TPSA) is 63.4 Å². The average molecular weight is 310 g/mol. The molecule has 1 heterocycles. The van der Waals surface area contributed by atoms with Crippen molar-refractivity contribution in [3.05, 3.63) is 29.8 Å². The molecule has 21 heavy (non-hydrogen) atoms. The molecule has 1 fully saturated rings. The quantitative estimate of drug-likeness (QED) is 0.875. The van der Waals surface area contributed by atoms with Gasteiger partial charge in [-0.25, -0.2) is 8.42 Å². The van der Waals surface area contributed by atoms with Gasteiger partial charge < -0.3 is 5.73 Å². The maximum absolute atomic E-state index is 12.4. The minimum atomic E-state index is -3.21. The molecule has 0 amide bonds. The van der Waals surface area contributed by atoms with Crippen molar-refractivity contribution in [1.82, 2.24) is 4.90 Å². The summed E-state index contributed by atoms with van der Waals surface area (Å²) < 4.78 is 24.9. The fourth-order valence-electron chi connectivity index (χ4n) is 3.14. The van der Waals surface area contributed by atoms with Gasteiger partial charge in [-0.2, -0.15) is 0 Å². The van der Waals surface area contributed by atoms with E-state index in [2.05, 4.69) is 18.7 Å². The Morgan fingerprint density at radius 3 is 2.48 bits per heavy atom. The summed E-state index contributed by atoms with van der Waals surface area (Å²) >= 11 is 0. The summed E-state index contributed by atoms with van der Waals surface area (Å²) in [5.74, 6) is 0.190. The molecule has 1 aliphatic rings. The van der Waals surface area contributed by atoms with E-state index < -0.39 is 9.84 Å². The largest absolute Gasteiger partial charge is 0.326 e. The predicted molar refractivity (Wildman–Crippen MR) is 85.9 cm³/mol. The highest BCUT2D eigenvalue weighted by Crippen LogP contribution is 2.26. The minimum absolute atomic E-state index is 0.190. The van der Waals surface area contributed by atoms with Crippen LogP contribution in [-0.4, -0.2) is 37.7 Å². The molecule has 0 aliphatic carbocycles. The van der Waals surface area contributed by atoms with Crippen molar-refractivity contribution in [3.8, 4) is 0 Å². The first-order chi connectivity index (χ1) is 9.97. The normalized spacial score (nSPS) is 23.6. The van der Waals surface area contributed by atoms with Gasteiger partial charge in [-0.05, 0) is 43.9 Å². The van der Waals surface area contributed by atoms with Crippen LogP contribution >= 0.6 is 0 Å². The number of benzene rings is 1. The molecule has 0 aromatic heterocycles. The highest BCUT2D eigenvalue weighted by Gasteiger charge is 2.30. The van der Waals surface area contributed by atoms with E-state index in [1.807, 2.05) is 0 Å². The fourth-order valence-corrected chi connectivity index (χ4v) is 4.38. The van der Waals surface area contributed by atoms with Crippen molar-refractivity contribution < 1.29 is 8.42 Å². The third kappa shape index (κ3) is 3.84. The van der Waals surface area contributed by atoms with Crippen LogP contribution in [-0.2, 0) is 16.4 Å². The van der Waals surface area contributed by atoms with Gasteiger partial charge in [-0.3, -0.25) is 4.90 Å². The smallest absolute Gasteiger partial charge is 0.179 e. The van der Waals surface area contributed by atoms with Gasteiger partial charge in [0.15, 0.2) is 9.84 Å². The lowest BCUT2D eigenvalue weighted by molar-refractivity contribution is 0.211. The Kier molecular flexibility index (Phi) is 5.41. The maximum Gasteiger partial charge on any atom is 0.179 e. The number of hydrogen-bond donors (Lipinski definition) is 1. The van der Waals surface area contributed by atoms with Crippen molar-refractivity contribution in [3.63, 3.8) is 0 Å². The van der Waals surface area contributed by atoms with Crippen LogP contribution in [0, 0.1) is 0 Å². The van der Waals surface area contributed by atoms with Crippen molar-refractivity contribution in [2.75, 3.05) is 12.3 Å². The van der Waals surface area contributed by atoms with E-state index in [1.165, 1.54) is 12.8 Å². The van der Waals surface area contributed by atoms with Gasteiger partial charge in [0.05, 0.1) is 10.6 Å². The van der Waals surface area contributed by atoms with Gasteiger partial charge >= 0.3 is 0 Å². The summed E-state index contributed by atoms with van der Waals surface area (Å²) in [5.41, 5.74) is 6.49. The molecule has 0 saturated carbocycles. The maximum atomic E-state index is 12.4. The summed E-state index contributed by atoms with van der Waals surface area (Å²) in [6.45, 7) is 5.43. The number of sulfone groups is 1. The lowest BCUT2D eigenvalue weighted by atomic mass is 10.2. The molecule has 1 aliphatic heterocycles. The molecule has 0 spiro atoms. The van der Waals surface area contributed by atoms with E-state index in [0.29, 0.717) is 30.1 Å². The Labute approximate surface area is 128 Å². The van der Waals surface area contributed by atoms with Gasteiger partial charge in [0.1, 0.15) is 0 Å². The molecule has 118 valence electrons. The monoisotopic (exact) mass is 310 g/mol. The first-order valence-electron chi connectivity index (χ1n) is 7.75. The third-order valence-corrected chi connectivity index (χ3v) is 6.27. The van der Waals surface area contributed by atoms with E-state index in [0.717, 1.165) is 12.0 Å². The van der Waals surface area contributed by atoms with E-state index in [4.69, 9.17) is 5.73 Å². The van der Waals surface area contributed by atoms with Gasteiger partial charge in [-0.1, -0.05) is 19.1 Å². The molecule has 5 heteroatoms. The summed E-state index contributed by atoms with van der Waals surface area (Å²) in [6.07, 6.45) is 3.45. The number of nitrogens with zero attached hydrogens (tertiary/aromatic N) is 1. The van der Waals surface area contributed by atoms with E-state index in [1.54, 1.807) is 24.3 Å². The minimum Gasteiger partial charge on any atom is -0.326 e. The Morgan fingerprint density at radius 1 is 1.24 bits per heavy atom. The molecule has 1 saturated heterocycles.